The molecule has 2 aromatic rings. The molecular weight excluding hydrogens is 354 g/mol. The van der Waals surface area contributed by atoms with Crippen LogP contribution >= 0.6 is 0 Å². The zero-order valence-electron chi connectivity index (χ0n) is 16.5. The van der Waals surface area contributed by atoms with Crippen molar-refractivity contribution in [1.82, 2.24) is 15.5 Å². The largest absolute Gasteiger partial charge is 0.399 e. The predicted molar refractivity (Wildman–Crippen MR) is 113 cm³/mol. The van der Waals surface area contributed by atoms with Crippen molar-refractivity contribution < 1.29 is 9.59 Å². The van der Waals surface area contributed by atoms with E-state index in [1.807, 2.05) is 26.2 Å². The van der Waals surface area contributed by atoms with Gasteiger partial charge in [0.25, 0.3) is 5.91 Å². The molecule has 28 heavy (non-hydrogen) atoms. The topological polar surface area (TPSA) is 99.5 Å². The molecule has 0 spiro atoms. The van der Waals surface area contributed by atoms with Gasteiger partial charge in [-0.3, -0.25) is 4.79 Å². The van der Waals surface area contributed by atoms with E-state index in [9.17, 15) is 9.59 Å². The Morgan fingerprint density at radius 3 is 2.46 bits per heavy atom. The van der Waals surface area contributed by atoms with Crippen LogP contribution in [0.25, 0.3) is 0 Å². The molecule has 0 fully saturated rings. The Balaban J connectivity index is 1.77. The number of nitrogens with two attached hydrogens (primary N) is 1. The molecule has 0 radical (unpaired) electrons. The van der Waals surface area contributed by atoms with Gasteiger partial charge in [-0.15, -0.1) is 0 Å². The molecule has 0 unspecified atom stereocenters. The van der Waals surface area contributed by atoms with E-state index >= 15 is 0 Å². The van der Waals surface area contributed by atoms with E-state index in [1.165, 1.54) is 0 Å². The van der Waals surface area contributed by atoms with E-state index in [0.29, 0.717) is 30.0 Å². The van der Waals surface area contributed by atoms with Crippen molar-refractivity contribution in [3.63, 3.8) is 0 Å². The highest BCUT2D eigenvalue weighted by Gasteiger charge is 2.07. The van der Waals surface area contributed by atoms with Gasteiger partial charge in [-0.2, -0.15) is 0 Å². The van der Waals surface area contributed by atoms with Gasteiger partial charge in [-0.1, -0.05) is 12.1 Å². The molecule has 0 aliphatic rings. The van der Waals surface area contributed by atoms with Gasteiger partial charge in [0, 0.05) is 30.0 Å². The molecule has 0 atom stereocenters. The maximum atomic E-state index is 12.3. The second-order valence-electron chi connectivity index (χ2n) is 6.90. The van der Waals surface area contributed by atoms with Crippen LogP contribution < -0.4 is 21.7 Å². The SMILES string of the molecule is CN(C)CCCCNC(=O)c1cccc(CNC(=O)Nc2ccc(N)cc2)c1. The highest BCUT2D eigenvalue weighted by Crippen LogP contribution is 2.10. The van der Waals surface area contributed by atoms with Crippen LogP contribution in [0.2, 0.25) is 0 Å². The molecule has 3 amide bonds. The van der Waals surface area contributed by atoms with Crippen LogP contribution in [-0.4, -0.2) is 44.0 Å². The summed E-state index contributed by atoms with van der Waals surface area (Å²) >= 11 is 0. The van der Waals surface area contributed by atoms with Crippen molar-refractivity contribution in [1.29, 1.82) is 0 Å². The monoisotopic (exact) mass is 383 g/mol. The quantitative estimate of drug-likeness (QED) is 0.395. The summed E-state index contributed by atoms with van der Waals surface area (Å²) in [6.45, 7) is 1.99. The molecule has 0 bridgehead atoms. The van der Waals surface area contributed by atoms with Gasteiger partial charge in [0.05, 0.1) is 0 Å². The van der Waals surface area contributed by atoms with Crippen molar-refractivity contribution >= 4 is 23.3 Å². The second kappa shape index (κ2) is 10.9. The summed E-state index contributed by atoms with van der Waals surface area (Å²) in [7, 11) is 4.07. The number of benzene rings is 2. The minimum Gasteiger partial charge on any atom is -0.399 e. The Hall–Kier alpha value is -3.06. The first-order chi connectivity index (χ1) is 13.4. The lowest BCUT2D eigenvalue weighted by atomic mass is 10.1. The van der Waals surface area contributed by atoms with E-state index in [0.717, 1.165) is 24.9 Å². The number of hydrogen-bond donors (Lipinski definition) is 4. The third-order valence-electron chi connectivity index (χ3n) is 4.13. The molecule has 0 heterocycles. The van der Waals surface area contributed by atoms with Crippen molar-refractivity contribution in [2.45, 2.75) is 19.4 Å². The number of hydrogen-bond acceptors (Lipinski definition) is 4. The van der Waals surface area contributed by atoms with Crippen molar-refractivity contribution in [2.75, 3.05) is 38.2 Å². The molecule has 2 aromatic carbocycles. The van der Waals surface area contributed by atoms with Crippen LogP contribution in [0.1, 0.15) is 28.8 Å². The summed E-state index contributed by atoms with van der Waals surface area (Å²) in [4.78, 5) is 26.4. The zero-order chi connectivity index (χ0) is 20.4. The molecule has 2 rings (SSSR count). The van der Waals surface area contributed by atoms with Gasteiger partial charge < -0.3 is 26.6 Å². The van der Waals surface area contributed by atoms with Gasteiger partial charge >= 0.3 is 6.03 Å². The van der Waals surface area contributed by atoms with Crippen molar-refractivity contribution in [2.24, 2.45) is 0 Å². The lowest BCUT2D eigenvalue weighted by molar-refractivity contribution is 0.0952. The fourth-order valence-electron chi connectivity index (χ4n) is 2.60. The number of rotatable bonds is 9. The maximum absolute atomic E-state index is 12.3. The van der Waals surface area contributed by atoms with Gasteiger partial charge in [-0.25, -0.2) is 4.79 Å². The van der Waals surface area contributed by atoms with E-state index < -0.39 is 0 Å². The first-order valence-electron chi connectivity index (χ1n) is 9.36. The average Bonchev–Trinajstić information content (AvgIpc) is 2.68. The summed E-state index contributed by atoms with van der Waals surface area (Å²) in [6, 6.07) is 13.8. The number of urea groups is 1. The highest BCUT2D eigenvalue weighted by atomic mass is 16.2. The average molecular weight is 383 g/mol. The minimum atomic E-state index is -0.319. The third-order valence-corrected chi connectivity index (χ3v) is 4.13. The number of nitrogen functional groups attached to an aromatic ring is 1. The molecule has 0 aliphatic carbocycles. The molecule has 0 aromatic heterocycles. The highest BCUT2D eigenvalue weighted by molar-refractivity contribution is 5.94. The lowest BCUT2D eigenvalue weighted by Gasteiger charge is -2.10. The van der Waals surface area contributed by atoms with Gasteiger partial charge in [0.15, 0.2) is 0 Å². The van der Waals surface area contributed by atoms with E-state index in [2.05, 4.69) is 20.9 Å². The van der Waals surface area contributed by atoms with Crippen LogP contribution in [0.15, 0.2) is 48.5 Å². The third kappa shape index (κ3) is 7.67. The second-order valence-corrected chi connectivity index (χ2v) is 6.90. The van der Waals surface area contributed by atoms with Crippen LogP contribution in [0.3, 0.4) is 0 Å². The summed E-state index contributed by atoms with van der Waals surface area (Å²) in [5, 5.41) is 8.45. The Kier molecular flexibility index (Phi) is 8.30. The number of unbranched alkanes of at least 4 members (excludes halogenated alkanes) is 1. The lowest BCUT2D eigenvalue weighted by Crippen LogP contribution is -2.28. The van der Waals surface area contributed by atoms with E-state index in [1.54, 1.807) is 36.4 Å². The Bertz CT molecular complexity index is 775. The molecule has 7 heteroatoms. The number of carbonyl (C=O) groups excluding carboxylic acids is 2. The predicted octanol–water partition coefficient (Wildman–Crippen LogP) is 2.66. The Labute approximate surface area is 166 Å². The van der Waals surface area contributed by atoms with Gasteiger partial charge in [-0.05, 0) is 75.4 Å². The molecule has 7 nitrogen and oxygen atoms in total. The smallest absolute Gasteiger partial charge is 0.319 e. The van der Waals surface area contributed by atoms with Crippen LogP contribution in [0, 0.1) is 0 Å². The van der Waals surface area contributed by atoms with E-state index in [-0.39, 0.29) is 11.9 Å². The van der Waals surface area contributed by atoms with Crippen molar-refractivity contribution in [3.8, 4) is 0 Å². The molecule has 0 saturated heterocycles. The molecule has 0 aliphatic heterocycles. The van der Waals surface area contributed by atoms with Crippen LogP contribution in [-0.2, 0) is 6.54 Å². The number of carbonyl (C=O) groups is 2. The van der Waals surface area contributed by atoms with Crippen LogP contribution in [0.5, 0.6) is 0 Å². The maximum Gasteiger partial charge on any atom is 0.319 e. The normalized spacial score (nSPS) is 10.5. The minimum absolute atomic E-state index is 0.0990. The summed E-state index contributed by atoms with van der Waals surface area (Å²) in [5.41, 5.74) is 8.37. The first-order valence-corrected chi connectivity index (χ1v) is 9.36. The Morgan fingerprint density at radius 1 is 1.00 bits per heavy atom. The van der Waals surface area contributed by atoms with Crippen molar-refractivity contribution in [3.05, 3.63) is 59.7 Å². The van der Waals surface area contributed by atoms with Gasteiger partial charge in [0.2, 0.25) is 0 Å². The molecular formula is C21H29N5O2. The number of nitrogens with zero attached hydrogens (tertiary/aromatic N) is 1. The zero-order valence-corrected chi connectivity index (χ0v) is 16.5. The molecule has 5 N–H and O–H groups in total. The fraction of sp³-hybridized carbons (Fsp3) is 0.333. The summed E-state index contributed by atoms with van der Waals surface area (Å²) in [6.07, 6.45) is 1.98. The summed E-state index contributed by atoms with van der Waals surface area (Å²) < 4.78 is 0. The fourth-order valence-corrected chi connectivity index (χ4v) is 2.60. The number of amides is 3. The Morgan fingerprint density at radius 2 is 1.75 bits per heavy atom. The van der Waals surface area contributed by atoms with Crippen LogP contribution in [0.4, 0.5) is 16.2 Å². The summed E-state index contributed by atoms with van der Waals surface area (Å²) in [5.74, 6) is -0.0990. The standard InChI is InChI=1S/C21H29N5O2/c1-26(2)13-4-3-12-23-20(27)17-7-5-6-16(14-17)15-24-21(28)25-19-10-8-18(22)9-11-19/h5-11,14H,3-4,12-13,15,22H2,1-2H3,(H,23,27)(H2,24,25,28). The molecule has 150 valence electrons. The molecule has 0 saturated carbocycles. The number of nitrogens with one attached hydrogen (secondary N) is 3. The number of anilines is 2. The van der Waals surface area contributed by atoms with Gasteiger partial charge in [0.1, 0.15) is 0 Å². The van der Waals surface area contributed by atoms with E-state index in [4.69, 9.17) is 5.73 Å². The first kappa shape index (κ1) is 21.2.